The maximum absolute atomic E-state index is 12.3. The van der Waals surface area contributed by atoms with Gasteiger partial charge < -0.3 is 9.30 Å². The molecule has 0 saturated heterocycles. The van der Waals surface area contributed by atoms with Gasteiger partial charge >= 0.3 is 5.97 Å². The van der Waals surface area contributed by atoms with E-state index in [1.807, 2.05) is 72.8 Å². The van der Waals surface area contributed by atoms with E-state index in [9.17, 15) is 14.9 Å². The number of esters is 1. The lowest BCUT2D eigenvalue weighted by atomic mass is 10.1. The van der Waals surface area contributed by atoms with Gasteiger partial charge in [0.15, 0.2) is 0 Å². The minimum Gasteiger partial charge on any atom is -0.462 e. The maximum atomic E-state index is 12.3. The van der Waals surface area contributed by atoms with Gasteiger partial charge in [-0.2, -0.15) is 0 Å². The van der Waals surface area contributed by atoms with Gasteiger partial charge in [0.05, 0.1) is 34.2 Å². The molecule has 0 unspecified atom stereocenters. The van der Waals surface area contributed by atoms with Crippen LogP contribution in [0.2, 0.25) is 0 Å². The number of non-ortho nitro benzene ring substituents is 1. The van der Waals surface area contributed by atoms with E-state index in [2.05, 4.69) is 15.6 Å². The van der Waals surface area contributed by atoms with Crippen LogP contribution in [0.5, 0.6) is 0 Å². The van der Waals surface area contributed by atoms with E-state index in [4.69, 9.17) is 4.74 Å². The average molecular weight is 516 g/mol. The van der Waals surface area contributed by atoms with Crippen LogP contribution in [0, 0.1) is 10.1 Å². The summed E-state index contributed by atoms with van der Waals surface area (Å²) in [5.41, 5.74) is 6.42. The molecule has 7 heteroatoms. The van der Waals surface area contributed by atoms with Crippen molar-refractivity contribution in [2.75, 3.05) is 6.61 Å². The van der Waals surface area contributed by atoms with Crippen LogP contribution in [0.15, 0.2) is 120 Å². The van der Waals surface area contributed by atoms with Gasteiger partial charge in [0.2, 0.25) is 0 Å². The highest BCUT2D eigenvalue weighted by Crippen LogP contribution is 2.36. The first kappa shape index (κ1) is 25.4. The van der Waals surface area contributed by atoms with Gasteiger partial charge in [0.1, 0.15) is 0 Å². The van der Waals surface area contributed by atoms with Crippen molar-refractivity contribution in [3.05, 3.63) is 137 Å². The van der Waals surface area contributed by atoms with Crippen molar-refractivity contribution in [1.29, 1.82) is 0 Å². The predicted octanol–water partition coefficient (Wildman–Crippen LogP) is 7.65. The van der Waals surface area contributed by atoms with Crippen molar-refractivity contribution in [2.24, 2.45) is 4.99 Å². The Morgan fingerprint density at radius 2 is 1.54 bits per heavy atom. The van der Waals surface area contributed by atoms with E-state index in [0.717, 1.165) is 33.8 Å². The van der Waals surface area contributed by atoms with Crippen molar-refractivity contribution in [1.82, 2.24) is 4.57 Å². The monoisotopic (exact) mass is 515 g/mol. The van der Waals surface area contributed by atoms with Crippen LogP contribution < -0.4 is 0 Å². The fourth-order valence-electron chi connectivity index (χ4n) is 4.40. The molecule has 0 N–H and O–H groups in total. The number of nitro groups is 1. The molecule has 39 heavy (non-hydrogen) atoms. The highest BCUT2D eigenvalue weighted by molar-refractivity contribution is 5.95. The molecule has 0 fully saturated rings. The average Bonchev–Trinajstić information content (AvgIpc) is 3.37. The van der Waals surface area contributed by atoms with Crippen LogP contribution >= 0.6 is 0 Å². The number of nitro benzene ring substituents is 1. The molecule has 0 radical (unpaired) electrons. The van der Waals surface area contributed by atoms with E-state index in [-0.39, 0.29) is 11.7 Å². The highest BCUT2D eigenvalue weighted by atomic mass is 16.6. The van der Waals surface area contributed by atoms with E-state index in [1.165, 1.54) is 12.1 Å². The van der Waals surface area contributed by atoms with Gasteiger partial charge in [-0.05, 0) is 54.4 Å². The number of aromatic nitrogens is 1. The normalized spacial score (nSPS) is 11.0. The predicted molar refractivity (Wildman–Crippen MR) is 153 cm³/mol. The smallest absolute Gasteiger partial charge is 0.338 e. The first-order chi connectivity index (χ1) is 19.0. The highest BCUT2D eigenvalue weighted by Gasteiger charge is 2.19. The SMILES string of the molecule is CCOC(=O)c1ccc(-n2c(-c3ccccc3)cc(C=Nc3cccc([N+](=O)[O-])c3)c2-c2ccccc2)cc1. The molecule has 0 bridgehead atoms. The molecule has 0 aliphatic rings. The second kappa shape index (κ2) is 11.4. The Labute approximate surface area is 225 Å². The van der Waals surface area contributed by atoms with Crippen molar-refractivity contribution < 1.29 is 14.5 Å². The number of carbonyl (C=O) groups excluding carboxylic acids is 1. The second-order valence-corrected chi connectivity index (χ2v) is 8.70. The Kier molecular flexibility index (Phi) is 7.41. The van der Waals surface area contributed by atoms with Gasteiger partial charge in [-0.25, -0.2) is 4.79 Å². The van der Waals surface area contributed by atoms with Gasteiger partial charge in [-0.1, -0.05) is 66.7 Å². The minimum atomic E-state index is -0.432. The number of hydrogen-bond donors (Lipinski definition) is 0. The fourth-order valence-corrected chi connectivity index (χ4v) is 4.40. The van der Waals surface area contributed by atoms with Crippen LogP contribution in [0.1, 0.15) is 22.8 Å². The summed E-state index contributed by atoms with van der Waals surface area (Å²) in [6.07, 6.45) is 1.73. The van der Waals surface area contributed by atoms with Crippen LogP contribution in [0.25, 0.3) is 28.2 Å². The van der Waals surface area contributed by atoms with Crippen LogP contribution in [-0.4, -0.2) is 28.3 Å². The second-order valence-electron chi connectivity index (χ2n) is 8.70. The Bertz CT molecular complexity index is 1640. The van der Waals surface area contributed by atoms with E-state index < -0.39 is 4.92 Å². The topological polar surface area (TPSA) is 86.7 Å². The van der Waals surface area contributed by atoms with Crippen molar-refractivity contribution in [3.8, 4) is 28.2 Å². The van der Waals surface area contributed by atoms with Crippen molar-refractivity contribution in [3.63, 3.8) is 0 Å². The number of carbonyl (C=O) groups is 1. The lowest BCUT2D eigenvalue weighted by Gasteiger charge is -2.15. The molecule has 1 heterocycles. The standard InChI is InChI=1S/C32H25N3O4/c1-2-39-32(36)25-16-18-28(19-17-25)34-30(23-10-5-3-6-11-23)20-26(31(34)24-12-7-4-8-13-24)22-33-27-14-9-15-29(21-27)35(37)38/h3-22H,2H2,1H3. The third-order valence-corrected chi connectivity index (χ3v) is 6.18. The molecule has 5 aromatic rings. The van der Waals surface area contributed by atoms with Crippen LogP contribution in [0.4, 0.5) is 11.4 Å². The van der Waals surface area contributed by atoms with Crippen LogP contribution in [0.3, 0.4) is 0 Å². The molecule has 192 valence electrons. The Morgan fingerprint density at radius 1 is 0.872 bits per heavy atom. The molecule has 7 nitrogen and oxygen atoms in total. The van der Waals surface area contributed by atoms with Crippen molar-refractivity contribution >= 4 is 23.6 Å². The summed E-state index contributed by atoms with van der Waals surface area (Å²) >= 11 is 0. The molecule has 5 rings (SSSR count). The summed E-state index contributed by atoms with van der Waals surface area (Å²) in [5.74, 6) is -0.368. The molecular weight excluding hydrogens is 490 g/mol. The number of rotatable bonds is 8. The van der Waals surface area contributed by atoms with Crippen molar-refractivity contribution in [2.45, 2.75) is 6.92 Å². The Balaban J connectivity index is 1.71. The summed E-state index contributed by atoms with van der Waals surface area (Å²) in [7, 11) is 0. The summed E-state index contributed by atoms with van der Waals surface area (Å²) in [6, 6.07) is 35.6. The Hall–Kier alpha value is -5.30. The van der Waals surface area contributed by atoms with Gasteiger partial charge in [0.25, 0.3) is 5.69 Å². The van der Waals surface area contributed by atoms with Gasteiger partial charge in [-0.15, -0.1) is 0 Å². The molecular formula is C32H25N3O4. The summed E-state index contributed by atoms with van der Waals surface area (Å²) in [4.78, 5) is 27.7. The zero-order valence-electron chi connectivity index (χ0n) is 21.2. The first-order valence-corrected chi connectivity index (χ1v) is 12.5. The molecule has 1 aromatic heterocycles. The third-order valence-electron chi connectivity index (χ3n) is 6.18. The maximum Gasteiger partial charge on any atom is 0.338 e. The molecule has 0 aliphatic heterocycles. The Morgan fingerprint density at radius 3 is 2.18 bits per heavy atom. The van der Waals surface area contributed by atoms with E-state index >= 15 is 0 Å². The zero-order chi connectivity index (χ0) is 27.2. The molecule has 0 saturated carbocycles. The molecule has 0 aliphatic carbocycles. The molecule has 4 aromatic carbocycles. The lowest BCUT2D eigenvalue weighted by molar-refractivity contribution is -0.384. The number of ether oxygens (including phenoxy) is 1. The van der Waals surface area contributed by atoms with E-state index in [0.29, 0.717) is 17.9 Å². The molecule has 0 amide bonds. The molecule has 0 spiro atoms. The fraction of sp³-hybridized carbons (Fsp3) is 0.0625. The summed E-state index contributed by atoms with van der Waals surface area (Å²) in [5, 5.41) is 11.3. The molecule has 0 atom stereocenters. The van der Waals surface area contributed by atoms with E-state index in [1.54, 1.807) is 37.4 Å². The number of hydrogen-bond acceptors (Lipinski definition) is 5. The third kappa shape index (κ3) is 5.52. The zero-order valence-corrected chi connectivity index (χ0v) is 21.2. The van der Waals surface area contributed by atoms with Crippen LogP contribution in [-0.2, 0) is 4.74 Å². The van der Waals surface area contributed by atoms with Gasteiger partial charge in [-0.3, -0.25) is 15.1 Å². The lowest BCUT2D eigenvalue weighted by Crippen LogP contribution is -2.05. The quantitative estimate of drug-likeness (QED) is 0.0919. The summed E-state index contributed by atoms with van der Waals surface area (Å²) < 4.78 is 7.29. The summed E-state index contributed by atoms with van der Waals surface area (Å²) in [6.45, 7) is 2.09. The number of aliphatic imine (C=N–C) groups is 1. The first-order valence-electron chi connectivity index (χ1n) is 12.5. The minimum absolute atomic E-state index is 0.0165. The van der Waals surface area contributed by atoms with Gasteiger partial charge in [0, 0.05) is 29.6 Å². The number of benzene rings is 4. The number of nitrogens with zero attached hydrogens (tertiary/aromatic N) is 3. The largest absolute Gasteiger partial charge is 0.462 e.